The van der Waals surface area contributed by atoms with Crippen molar-refractivity contribution in [3.8, 4) is 5.75 Å². The van der Waals surface area contributed by atoms with Crippen molar-refractivity contribution in [3.05, 3.63) is 77.2 Å². The number of esters is 1. The molecule has 0 radical (unpaired) electrons. The maximum Gasteiger partial charge on any atom is 0.315 e. The minimum atomic E-state index is -0.733. The molecule has 2 atom stereocenters. The molecule has 0 spiro atoms. The third kappa shape index (κ3) is 4.58. The first-order valence-electron chi connectivity index (χ1n) is 10.5. The normalized spacial score (nSPS) is 20.7. The van der Waals surface area contributed by atoms with Crippen LogP contribution in [0.3, 0.4) is 0 Å². The van der Waals surface area contributed by atoms with Gasteiger partial charge in [0, 0.05) is 29.3 Å². The quantitative estimate of drug-likeness (QED) is 0.504. The molecule has 0 bridgehead atoms. The van der Waals surface area contributed by atoms with Crippen LogP contribution in [0.2, 0.25) is 0 Å². The summed E-state index contributed by atoms with van der Waals surface area (Å²) >= 11 is 0. The van der Waals surface area contributed by atoms with Crippen LogP contribution in [0, 0.1) is 11.7 Å². The fourth-order valence-corrected chi connectivity index (χ4v) is 4.25. The number of ether oxygens (including phenoxy) is 2. The van der Waals surface area contributed by atoms with E-state index in [-0.39, 0.29) is 24.8 Å². The van der Waals surface area contributed by atoms with Gasteiger partial charge in [-0.3, -0.25) is 14.6 Å². The van der Waals surface area contributed by atoms with Crippen molar-refractivity contribution in [2.45, 2.75) is 32.1 Å². The van der Waals surface area contributed by atoms with Crippen LogP contribution in [-0.4, -0.2) is 30.7 Å². The molecule has 31 heavy (non-hydrogen) atoms. The van der Waals surface area contributed by atoms with Gasteiger partial charge in [0.25, 0.3) is 0 Å². The molecule has 0 amide bonds. The minimum absolute atomic E-state index is 0.00274. The van der Waals surface area contributed by atoms with E-state index in [9.17, 15) is 14.0 Å². The molecule has 4 rings (SSSR count). The average molecular weight is 421 g/mol. The standard InChI is InChI=1S/C25H24FNO4/c1-16-22(25(29)31-15-14-30-19-6-3-2-4-7-19)23(17-10-12-18(26)13-11-17)24-20(27-16)8-5-9-21(24)28/h2-4,6-7,10-13,22-23H,5,8-9,14-15H2,1H3/t22?,23-/m0/s1. The topological polar surface area (TPSA) is 65.0 Å². The Bertz CT molecular complexity index is 1030. The Morgan fingerprint density at radius 1 is 1.06 bits per heavy atom. The molecule has 0 fully saturated rings. The predicted molar refractivity (Wildman–Crippen MR) is 115 cm³/mol. The highest BCUT2D eigenvalue weighted by Crippen LogP contribution is 2.43. The molecule has 160 valence electrons. The number of halogens is 1. The molecular formula is C25H24FNO4. The van der Waals surface area contributed by atoms with Crippen LogP contribution >= 0.6 is 0 Å². The van der Waals surface area contributed by atoms with Crippen LogP contribution in [-0.2, 0) is 14.3 Å². The second-order valence-electron chi connectivity index (χ2n) is 7.73. The number of rotatable bonds is 6. The number of Topliss-reactive ketones (excluding diaryl/α,β-unsaturated/α-hetero) is 1. The Kier molecular flexibility index (Phi) is 6.26. The number of hydrogen-bond donors (Lipinski definition) is 0. The van der Waals surface area contributed by atoms with Gasteiger partial charge in [0.2, 0.25) is 0 Å². The van der Waals surface area contributed by atoms with Gasteiger partial charge in [0.05, 0.1) is 0 Å². The van der Waals surface area contributed by atoms with Crippen molar-refractivity contribution >= 4 is 17.5 Å². The summed E-state index contributed by atoms with van der Waals surface area (Å²) in [5, 5.41) is 0. The van der Waals surface area contributed by atoms with Gasteiger partial charge in [0.15, 0.2) is 5.78 Å². The molecule has 1 heterocycles. The summed E-state index contributed by atoms with van der Waals surface area (Å²) in [6.45, 7) is 2.08. The summed E-state index contributed by atoms with van der Waals surface area (Å²) in [5.74, 6) is -1.40. The van der Waals surface area contributed by atoms with E-state index >= 15 is 0 Å². The van der Waals surface area contributed by atoms with E-state index < -0.39 is 17.8 Å². The number of para-hydroxylation sites is 1. The SMILES string of the molecule is CC1=NC2=C(C(=O)CCC2)[C@@H](c2ccc(F)cc2)C1C(=O)OCCOc1ccccc1. The third-order valence-corrected chi connectivity index (χ3v) is 5.66. The second kappa shape index (κ2) is 9.25. The monoisotopic (exact) mass is 421 g/mol. The highest BCUT2D eigenvalue weighted by atomic mass is 19.1. The third-order valence-electron chi connectivity index (χ3n) is 5.66. The fraction of sp³-hybridized carbons (Fsp3) is 0.320. The van der Waals surface area contributed by atoms with Gasteiger partial charge in [-0.1, -0.05) is 30.3 Å². The van der Waals surface area contributed by atoms with E-state index in [4.69, 9.17) is 9.47 Å². The predicted octanol–water partition coefficient (Wildman–Crippen LogP) is 4.63. The number of carbonyl (C=O) groups excluding carboxylic acids is 2. The van der Waals surface area contributed by atoms with E-state index in [1.807, 2.05) is 30.3 Å². The number of benzene rings is 2. The molecule has 0 aromatic heterocycles. The number of aliphatic imine (C=N–C) groups is 1. The lowest BCUT2D eigenvalue weighted by Crippen LogP contribution is -2.37. The highest BCUT2D eigenvalue weighted by Gasteiger charge is 2.43. The van der Waals surface area contributed by atoms with Gasteiger partial charge in [-0.25, -0.2) is 4.39 Å². The van der Waals surface area contributed by atoms with Crippen LogP contribution in [0.1, 0.15) is 37.7 Å². The van der Waals surface area contributed by atoms with Gasteiger partial charge in [0.1, 0.15) is 30.7 Å². The van der Waals surface area contributed by atoms with E-state index in [2.05, 4.69) is 4.99 Å². The summed E-state index contributed by atoms with van der Waals surface area (Å²) in [6, 6.07) is 15.2. The van der Waals surface area contributed by atoms with Crippen molar-refractivity contribution in [1.82, 2.24) is 0 Å². The zero-order chi connectivity index (χ0) is 21.8. The van der Waals surface area contributed by atoms with Gasteiger partial charge >= 0.3 is 5.97 Å². The van der Waals surface area contributed by atoms with Crippen molar-refractivity contribution < 1.29 is 23.5 Å². The van der Waals surface area contributed by atoms with Crippen molar-refractivity contribution in [2.24, 2.45) is 10.9 Å². The number of nitrogens with zero attached hydrogens (tertiary/aromatic N) is 1. The first kappa shape index (κ1) is 21.0. The molecule has 2 aromatic rings. The second-order valence-corrected chi connectivity index (χ2v) is 7.73. The molecule has 6 heteroatoms. The van der Waals surface area contributed by atoms with Crippen LogP contribution in [0.5, 0.6) is 5.75 Å². The van der Waals surface area contributed by atoms with Gasteiger partial charge in [-0.05, 0) is 49.6 Å². The number of ketones is 1. The average Bonchev–Trinajstić information content (AvgIpc) is 2.77. The van der Waals surface area contributed by atoms with Gasteiger partial charge in [-0.15, -0.1) is 0 Å². The smallest absolute Gasteiger partial charge is 0.315 e. The van der Waals surface area contributed by atoms with Crippen molar-refractivity contribution in [2.75, 3.05) is 13.2 Å². The van der Waals surface area contributed by atoms with E-state index in [1.54, 1.807) is 19.1 Å². The Morgan fingerprint density at radius 2 is 1.81 bits per heavy atom. The van der Waals surface area contributed by atoms with Crippen molar-refractivity contribution in [3.63, 3.8) is 0 Å². The fourth-order valence-electron chi connectivity index (χ4n) is 4.25. The number of allylic oxidation sites excluding steroid dienone is 2. The first-order chi connectivity index (χ1) is 15.0. The van der Waals surface area contributed by atoms with Crippen LogP contribution in [0.25, 0.3) is 0 Å². The van der Waals surface area contributed by atoms with E-state index in [1.165, 1.54) is 12.1 Å². The zero-order valence-electron chi connectivity index (χ0n) is 17.3. The molecule has 1 unspecified atom stereocenters. The Balaban J connectivity index is 1.54. The Morgan fingerprint density at radius 3 is 2.55 bits per heavy atom. The lowest BCUT2D eigenvalue weighted by molar-refractivity contribution is -0.147. The van der Waals surface area contributed by atoms with Gasteiger partial charge in [-0.2, -0.15) is 0 Å². The Hall–Kier alpha value is -3.28. The summed E-state index contributed by atoms with van der Waals surface area (Å²) in [4.78, 5) is 30.5. The molecule has 0 saturated carbocycles. The molecular weight excluding hydrogens is 397 g/mol. The number of carbonyl (C=O) groups is 2. The summed E-state index contributed by atoms with van der Waals surface area (Å²) < 4.78 is 24.6. The molecule has 2 aromatic carbocycles. The molecule has 1 aliphatic carbocycles. The molecule has 0 saturated heterocycles. The molecule has 2 aliphatic rings. The molecule has 5 nitrogen and oxygen atoms in total. The lowest BCUT2D eigenvalue weighted by Gasteiger charge is -2.34. The summed E-state index contributed by atoms with van der Waals surface area (Å²) in [6.07, 6.45) is 1.87. The molecule has 1 aliphatic heterocycles. The minimum Gasteiger partial charge on any atom is -0.490 e. The maximum atomic E-state index is 13.5. The molecule has 0 N–H and O–H groups in total. The summed E-state index contributed by atoms with van der Waals surface area (Å²) in [7, 11) is 0. The van der Waals surface area contributed by atoms with Crippen LogP contribution in [0.15, 0.2) is 70.9 Å². The Labute approximate surface area is 180 Å². The van der Waals surface area contributed by atoms with Gasteiger partial charge < -0.3 is 9.47 Å². The lowest BCUT2D eigenvalue weighted by atomic mass is 9.72. The van der Waals surface area contributed by atoms with Crippen LogP contribution < -0.4 is 4.74 Å². The van der Waals surface area contributed by atoms with Crippen LogP contribution in [0.4, 0.5) is 4.39 Å². The largest absolute Gasteiger partial charge is 0.490 e. The number of hydrogen-bond acceptors (Lipinski definition) is 5. The first-order valence-corrected chi connectivity index (χ1v) is 10.5. The van der Waals surface area contributed by atoms with E-state index in [0.29, 0.717) is 35.4 Å². The van der Waals surface area contributed by atoms with E-state index in [0.717, 1.165) is 12.1 Å². The highest BCUT2D eigenvalue weighted by molar-refractivity contribution is 6.08. The maximum absolute atomic E-state index is 13.5. The van der Waals surface area contributed by atoms with Crippen molar-refractivity contribution in [1.29, 1.82) is 0 Å². The zero-order valence-corrected chi connectivity index (χ0v) is 17.3. The summed E-state index contributed by atoms with van der Waals surface area (Å²) in [5.41, 5.74) is 2.61.